The zero-order valence-corrected chi connectivity index (χ0v) is 22.6. The molecule has 3 aliphatic rings. The minimum absolute atomic E-state index is 0. The fourth-order valence-corrected chi connectivity index (χ4v) is 5.96. The van der Waals surface area contributed by atoms with Crippen molar-refractivity contribution in [2.24, 2.45) is 0 Å². The normalized spacial score (nSPS) is 18.6. The molecule has 1 unspecified atom stereocenters. The van der Waals surface area contributed by atoms with Gasteiger partial charge in [-0.05, 0) is 60.8 Å². The van der Waals surface area contributed by atoms with E-state index < -0.39 is 0 Å². The van der Waals surface area contributed by atoms with E-state index >= 15 is 0 Å². The summed E-state index contributed by atoms with van der Waals surface area (Å²) in [6.45, 7) is 3.83. The molecule has 0 radical (unpaired) electrons. The lowest BCUT2D eigenvalue weighted by Gasteiger charge is -2.26. The maximum atomic E-state index is 13.0. The predicted octanol–water partition coefficient (Wildman–Crippen LogP) is 6.40. The number of likely N-dealkylation sites (tertiary alicyclic amines) is 1. The molecule has 0 aliphatic carbocycles. The van der Waals surface area contributed by atoms with Crippen LogP contribution in [0.4, 0.5) is 0 Å². The molecule has 0 bridgehead atoms. The third kappa shape index (κ3) is 5.02. The van der Waals surface area contributed by atoms with E-state index in [1.807, 2.05) is 30.3 Å². The van der Waals surface area contributed by atoms with Crippen molar-refractivity contribution in [1.29, 1.82) is 0 Å². The van der Waals surface area contributed by atoms with Crippen molar-refractivity contribution in [2.75, 3.05) is 13.1 Å². The van der Waals surface area contributed by atoms with E-state index in [2.05, 4.69) is 51.6 Å². The van der Waals surface area contributed by atoms with Gasteiger partial charge in [0.25, 0.3) is 5.91 Å². The molecule has 4 heterocycles. The number of carbonyl (C=O) groups is 1. The molecular weight excluding hydrogens is 510 g/mol. The zero-order chi connectivity index (χ0) is 25.5. The van der Waals surface area contributed by atoms with Gasteiger partial charge in [0.05, 0.1) is 5.56 Å². The number of rotatable bonds is 6. The summed E-state index contributed by atoms with van der Waals surface area (Å²) in [5.41, 5.74) is 7.99. The van der Waals surface area contributed by atoms with Crippen LogP contribution in [-0.4, -0.2) is 35.2 Å². The number of amides is 1. The molecule has 1 saturated heterocycles. The number of halogens is 1. The summed E-state index contributed by atoms with van der Waals surface area (Å²) in [7, 11) is 0. The number of ether oxygens (including phenoxy) is 2. The number of carbonyl (C=O) groups excluding carboxylic acids is 1. The minimum atomic E-state index is -0.374. The number of nitrogens with zero attached hydrogens (tertiary/aromatic N) is 1. The number of benzene rings is 3. The lowest BCUT2D eigenvalue weighted by atomic mass is 9.95. The number of hydrogen-bond acceptors (Lipinski definition) is 4. The Kier molecular flexibility index (Phi) is 7.07. The number of nitrogens with one attached hydrogen (secondary N) is 2. The molecule has 1 aromatic heterocycles. The Morgan fingerprint density at radius 2 is 1.72 bits per heavy atom. The SMILES string of the molecule is Cl.O=C1NCc2c(C3=COC(Cc4ccccc4)O3)ccc(-c3cc4cc(CN5CCCCC5)ccc4[nH]3)c21. The van der Waals surface area contributed by atoms with Gasteiger partial charge in [-0.3, -0.25) is 9.69 Å². The monoisotopic (exact) mass is 541 g/mol. The lowest BCUT2D eigenvalue weighted by Crippen LogP contribution is -2.28. The second kappa shape index (κ2) is 10.8. The number of hydrogen-bond donors (Lipinski definition) is 2. The van der Waals surface area contributed by atoms with Gasteiger partial charge in [-0.25, -0.2) is 0 Å². The first-order valence-electron chi connectivity index (χ1n) is 13.6. The van der Waals surface area contributed by atoms with Crippen LogP contribution in [0, 0.1) is 0 Å². The highest BCUT2D eigenvalue weighted by molar-refractivity contribution is 6.06. The first-order valence-corrected chi connectivity index (χ1v) is 13.6. The highest BCUT2D eigenvalue weighted by Crippen LogP contribution is 2.37. The largest absolute Gasteiger partial charge is 0.458 e. The van der Waals surface area contributed by atoms with Crippen LogP contribution in [0.2, 0.25) is 0 Å². The summed E-state index contributed by atoms with van der Waals surface area (Å²) >= 11 is 0. The van der Waals surface area contributed by atoms with Crippen molar-refractivity contribution in [3.63, 3.8) is 0 Å². The van der Waals surface area contributed by atoms with E-state index in [-0.39, 0.29) is 24.6 Å². The Morgan fingerprint density at radius 1 is 0.897 bits per heavy atom. The van der Waals surface area contributed by atoms with Crippen LogP contribution in [0.25, 0.3) is 27.9 Å². The summed E-state index contributed by atoms with van der Waals surface area (Å²) in [5, 5.41) is 4.19. The number of aromatic amines is 1. The Hall–Kier alpha value is -3.74. The number of aromatic nitrogens is 1. The first kappa shape index (κ1) is 25.5. The van der Waals surface area contributed by atoms with E-state index in [4.69, 9.17) is 9.47 Å². The maximum absolute atomic E-state index is 13.0. The molecular formula is C32H32ClN3O3. The van der Waals surface area contributed by atoms with Gasteiger partial charge >= 0.3 is 0 Å². The van der Waals surface area contributed by atoms with Crippen LogP contribution >= 0.6 is 12.4 Å². The molecule has 1 atom stereocenters. The Morgan fingerprint density at radius 3 is 2.56 bits per heavy atom. The quantitative estimate of drug-likeness (QED) is 0.296. The van der Waals surface area contributed by atoms with Gasteiger partial charge in [0.2, 0.25) is 6.29 Å². The molecule has 6 nitrogen and oxygen atoms in total. The number of H-pyrrole nitrogens is 1. The molecule has 2 N–H and O–H groups in total. The predicted molar refractivity (Wildman–Crippen MR) is 155 cm³/mol. The molecule has 39 heavy (non-hydrogen) atoms. The van der Waals surface area contributed by atoms with Crippen LogP contribution in [0.15, 0.2) is 73.0 Å². The van der Waals surface area contributed by atoms with Gasteiger partial charge in [-0.2, -0.15) is 0 Å². The summed E-state index contributed by atoms with van der Waals surface area (Å²) < 4.78 is 12.0. The topological polar surface area (TPSA) is 66.6 Å². The second-order valence-electron chi connectivity index (χ2n) is 10.5. The summed E-state index contributed by atoms with van der Waals surface area (Å²) in [4.78, 5) is 19.1. The van der Waals surface area contributed by atoms with E-state index in [9.17, 15) is 4.79 Å². The smallest absolute Gasteiger partial charge is 0.252 e. The van der Waals surface area contributed by atoms with Crippen molar-refractivity contribution in [3.05, 3.63) is 101 Å². The van der Waals surface area contributed by atoms with Gasteiger partial charge in [-0.1, -0.05) is 55.0 Å². The zero-order valence-electron chi connectivity index (χ0n) is 21.7. The van der Waals surface area contributed by atoms with Crippen LogP contribution in [0.3, 0.4) is 0 Å². The standard InChI is InChI=1S/C32H31N3O3.ClH/c36-32-31-25(28-17-23-15-22(9-12-27(23)34-28)19-35-13-5-2-6-14-35)11-10-24(26(31)18-33-32)29-20-37-30(38-29)16-21-7-3-1-4-8-21;/h1,3-4,7-12,15,17,20,30,34H,2,5-6,13-14,16,18-19H2,(H,33,36);1H. The van der Waals surface area contributed by atoms with E-state index in [0.717, 1.165) is 40.0 Å². The molecule has 1 amide bonds. The second-order valence-corrected chi connectivity index (χ2v) is 10.5. The Labute approximate surface area is 234 Å². The first-order chi connectivity index (χ1) is 18.7. The molecule has 3 aliphatic heterocycles. The van der Waals surface area contributed by atoms with E-state index in [1.54, 1.807) is 6.26 Å². The highest BCUT2D eigenvalue weighted by Gasteiger charge is 2.31. The fraction of sp³-hybridized carbons (Fsp3) is 0.281. The Bertz CT molecular complexity index is 1540. The fourth-order valence-electron chi connectivity index (χ4n) is 5.96. The maximum Gasteiger partial charge on any atom is 0.252 e. The number of fused-ring (bicyclic) bond motifs is 2. The van der Waals surface area contributed by atoms with Crippen molar-refractivity contribution >= 4 is 35.0 Å². The molecule has 7 rings (SSSR count). The van der Waals surface area contributed by atoms with E-state index in [0.29, 0.717) is 24.3 Å². The van der Waals surface area contributed by atoms with Gasteiger partial charge in [-0.15, -0.1) is 12.4 Å². The van der Waals surface area contributed by atoms with Crippen molar-refractivity contribution < 1.29 is 14.3 Å². The van der Waals surface area contributed by atoms with Gasteiger partial charge in [0, 0.05) is 47.2 Å². The van der Waals surface area contributed by atoms with Crippen molar-refractivity contribution in [3.8, 4) is 11.3 Å². The van der Waals surface area contributed by atoms with Gasteiger partial charge < -0.3 is 19.8 Å². The average Bonchev–Trinajstić information content (AvgIpc) is 3.68. The van der Waals surface area contributed by atoms with Gasteiger partial charge in [0.1, 0.15) is 6.26 Å². The van der Waals surface area contributed by atoms with Crippen LogP contribution in [0.5, 0.6) is 0 Å². The van der Waals surface area contributed by atoms with Crippen LogP contribution in [0.1, 0.15) is 51.9 Å². The van der Waals surface area contributed by atoms with Gasteiger partial charge in [0.15, 0.2) is 5.76 Å². The summed E-state index contributed by atoms with van der Waals surface area (Å²) in [6.07, 6.45) is 5.90. The summed E-state index contributed by atoms with van der Waals surface area (Å²) in [5.74, 6) is 0.617. The molecule has 3 aromatic carbocycles. The van der Waals surface area contributed by atoms with Crippen molar-refractivity contribution in [2.45, 2.75) is 45.1 Å². The molecule has 1 fully saturated rings. The van der Waals surface area contributed by atoms with Crippen molar-refractivity contribution in [1.82, 2.24) is 15.2 Å². The molecule has 200 valence electrons. The third-order valence-corrected chi connectivity index (χ3v) is 7.89. The van der Waals surface area contributed by atoms with Crippen LogP contribution < -0.4 is 5.32 Å². The molecule has 0 spiro atoms. The molecule has 7 heteroatoms. The molecule has 0 saturated carbocycles. The average molecular weight is 542 g/mol. The lowest BCUT2D eigenvalue weighted by molar-refractivity contribution is -0.0136. The summed E-state index contributed by atoms with van der Waals surface area (Å²) in [6, 6.07) is 23.0. The minimum Gasteiger partial charge on any atom is -0.458 e. The third-order valence-electron chi connectivity index (χ3n) is 7.89. The van der Waals surface area contributed by atoms with E-state index in [1.165, 1.54) is 43.3 Å². The molecule has 4 aromatic rings. The Balaban J connectivity index is 0.00000277. The highest BCUT2D eigenvalue weighted by atomic mass is 35.5. The van der Waals surface area contributed by atoms with Crippen LogP contribution in [-0.2, 0) is 29.0 Å². The number of piperidine rings is 1.